The fourth-order valence-electron chi connectivity index (χ4n) is 2.54. The third-order valence-corrected chi connectivity index (χ3v) is 3.70. The largest absolute Gasteiger partial charge is 0.455 e. The maximum atomic E-state index is 12.0. The number of nitrogens with one attached hydrogen (secondary N) is 1. The lowest BCUT2D eigenvalue weighted by Crippen LogP contribution is -2.37. The number of amides is 1. The van der Waals surface area contributed by atoms with Crippen LogP contribution in [-0.4, -0.2) is 36.0 Å². The summed E-state index contributed by atoms with van der Waals surface area (Å²) in [4.78, 5) is 14.4. The number of hydrogen-bond donors (Lipinski definition) is 2. The van der Waals surface area contributed by atoms with Crippen LogP contribution in [0.3, 0.4) is 0 Å². The molecule has 1 aromatic rings. The number of nitrogens with two attached hydrogens (primary N) is 1. The van der Waals surface area contributed by atoms with Gasteiger partial charge in [-0.15, -0.1) is 0 Å². The predicted molar refractivity (Wildman–Crippen MR) is 67.1 cm³/mol. The molecular weight excluding hydrogens is 230 g/mol. The maximum absolute atomic E-state index is 12.0. The van der Waals surface area contributed by atoms with E-state index in [9.17, 15) is 4.79 Å². The molecule has 0 radical (unpaired) electrons. The van der Waals surface area contributed by atoms with Crippen LogP contribution in [0.2, 0.25) is 0 Å². The molecule has 18 heavy (non-hydrogen) atoms. The molecule has 2 aliphatic rings. The molecule has 0 spiro atoms. The highest BCUT2D eigenvalue weighted by Gasteiger charge is 2.35. The van der Waals surface area contributed by atoms with Crippen molar-refractivity contribution in [3.63, 3.8) is 0 Å². The molecule has 1 unspecified atom stereocenters. The quantitative estimate of drug-likeness (QED) is 0.824. The van der Waals surface area contributed by atoms with Crippen molar-refractivity contribution >= 4 is 5.91 Å². The third kappa shape index (κ3) is 2.42. The van der Waals surface area contributed by atoms with Gasteiger partial charge in [0.25, 0.3) is 5.91 Å². The highest BCUT2D eigenvalue weighted by atomic mass is 16.4. The van der Waals surface area contributed by atoms with Crippen LogP contribution < -0.4 is 11.1 Å². The summed E-state index contributed by atoms with van der Waals surface area (Å²) in [6.45, 7) is 2.40. The Morgan fingerprint density at radius 2 is 2.28 bits per heavy atom. The average Bonchev–Trinajstić information content (AvgIpc) is 2.93. The van der Waals surface area contributed by atoms with Crippen molar-refractivity contribution in [3.8, 4) is 0 Å². The Labute approximate surface area is 106 Å². The molecule has 5 heteroatoms. The zero-order chi connectivity index (χ0) is 12.5. The lowest BCUT2D eigenvalue weighted by molar-refractivity contribution is 0.0907. The van der Waals surface area contributed by atoms with Crippen LogP contribution in [0.15, 0.2) is 16.5 Å². The zero-order valence-electron chi connectivity index (χ0n) is 10.4. The van der Waals surface area contributed by atoms with E-state index in [1.807, 2.05) is 0 Å². The van der Waals surface area contributed by atoms with E-state index in [1.54, 1.807) is 12.1 Å². The van der Waals surface area contributed by atoms with E-state index >= 15 is 0 Å². The number of rotatable bonds is 4. The summed E-state index contributed by atoms with van der Waals surface area (Å²) >= 11 is 0. The third-order valence-electron chi connectivity index (χ3n) is 3.70. The second-order valence-electron chi connectivity index (χ2n) is 5.16. The van der Waals surface area contributed by atoms with Crippen LogP contribution in [0.25, 0.3) is 0 Å². The zero-order valence-corrected chi connectivity index (χ0v) is 10.4. The monoisotopic (exact) mass is 249 g/mol. The summed E-state index contributed by atoms with van der Waals surface area (Å²) in [5, 5.41) is 3.03. The van der Waals surface area contributed by atoms with Crippen molar-refractivity contribution < 1.29 is 9.21 Å². The Kier molecular flexibility index (Phi) is 3.09. The van der Waals surface area contributed by atoms with E-state index in [1.165, 1.54) is 12.8 Å². The number of likely N-dealkylation sites (tertiary alicyclic amines) is 1. The van der Waals surface area contributed by atoms with E-state index in [0.717, 1.165) is 25.6 Å². The van der Waals surface area contributed by atoms with Gasteiger partial charge in [-0.25, -0.2) is 0 Å². The van der Waals surface area contributed by atoms with Crippen LogP contribution in [0.5, 0.6) is 0 Å². The van der Waals surface area contributed by atoms with Gasteiger partial charge in [0.15, 0.2) is 5.76 Å². The first-order chi connectivity index (χ1) is 8.76. The molecule has 3 rings (SSSR count). The Bertz CT molecular complexity index is 439. The van der Waals surface area contributed by atoms with Crippen LogP contribution >= 0.6 is 0 Å². The van der Waals surface area contributed by atoms with Crippen LogP contribution in [0, 0.1) is 0 Å². The van der Waals surface area contributed by atoms with E-state index in [4.69, 9.17) is 10.2 Å². The Morgan fingerprint density at radius 3 is 2.94 bits per heavy atom. The number of hydrogen-bond acceptors (Lipinski definition) is 4. The van der Waals surface area contributed by atoms with Crippen LogP contribution in [0.4, 0.5) is 0 Å². The number of carbonyl (C=O) groups is 1. The first-order valence-corrected chi connectivity index (χ1v) is 6.60. The lowest BCUT2D eigenvalue weighted by Gasteiger charge is -2.15. The Balaban J connectivity index is 1.54. The normalized spacial score (nSPS) is 24.4. The van der Waals surface area contributed by atoms with Gasteiger partial charge in [-0.2, -0.15) is 0 Å². The molecule has 1 aromatic heterocycles. The van der Waals surface area contributed by atoms with Crippen molar-refractivity contribution in [2.24, 2.45) is 5.73 Å². The summed E-state index contributed by atoms with van der Waals surface area (Å²) in [6.07, 6.45) is 3.67. The van der Waals surface area contributed by atoms with E-state index < -0.39 is 0 Å². The van der Waals surface area contributed by atoms with Gasteiger partial charge in [-0.3, -0.25) is 9.69 Å². The fraction of sp³-hybridized carbons (Fsp3) is 0.615. The first kappa shape index (κ1) is 11.7. The second-order valence-corrected chi connectivity index (χ2v) is 5.16. The molecule has 1 saturated carbocycles. The van der Waals surface area contributed by atoms with Crippen LogP contribution in [0.1, 0.15) is 35.6 Å². The van der Waals surface area contributed by atoms with Gasteiger partial charge in [0.05, 0.1) is 6.54 Å². The first-order valence-electron chi connectivity index (χ1n) is 6.60. The molecule has 1 atom stereocenters. The molecular formula is C13H19N3O2. The summed E-state index contributed by atoms with van der Waals surface area (Å²) in [6, 6.07) is 4.47. The molecule has 1 aliphatic carbocycles. The molecule has 1 aliphatic heterocycles. The SMILES string of the molecule is NCc1ccc(C(=O)NC2CCN(C3CC3)C2)o1. The van der Waals surface area contributed by atoms with Crippen molar-refractivity contribution in [1.82, 2.24) is 10.2 Å². The molecule has 2 fully saturated rings. The standard InChI is InChI=1S/C13H19N3O2/c14-7-11-3-4-12(18-11)13(17)15-9-5-6-16(8-9)10-1-2-10/h3-4,9-10H,1-2,5-8,14H2,(H,15,17). The molecule has 3 N–H and O–H groups in total. The predicted octanol–water partition coefficient (Wildman–Crippen LogP) is 0.705. The van der Waals surface area contributed by atoms with Gasteiger partial charge in [-0.1, -0.05) is 0 Å². The van der Waals surface area contributed by atoms with E-state index in [-0.39, 0.29) is 11.9 Å². The summed E-state index contributed by atoms with van der Waals surface area (Å²) in [7, 11) is 0. The molecule has 5 nitrogen and oxygen atoms in total. The molecule has 0 aromatic carbocycles. The molecule has 2 heterocycles. The topological polar surface area (TPSA) is 71.5 Å². The van der Waals surface area contributed by atoms with Gasteiger partial charge in [0.1, 0.15) is 5.76 Å². The Hall–Kier alpha value is -1.33. The Morgan fingerprint density at radius 1 is 1.44 bits per heavy atom. The van der Waals surface area contributed by atoms with Gasteiger partial charge >= 0.3 is 0 Å². The second kappa shape index (κ2) is 4.74. The summed E-state index contributed by atoms with van der Waals surface area (Å²) in [5.41, 5.74) is 5.45. The highest BCUT2D eigenvalue weighted by Crippen LogP contribution is 2.29. The molecule has 1 amide bonds. The van der Waals surface area contributed by atoms with Gasteiger partial charge in [-0.05, 0) is 31.4 Å². The summed E-state index contributed by atoms with van der Waals surface area (Å²) in [5.74, 6) is 0.879. The smallest absolute Gasteiger partial charge is 0.287 e. The fourth-order valence-corrected chi connectivity index (χ4v) is 2.54. The van der Waals surface area contributed by atoms with Gasteiger partial charge < -0.3 is 15.5 Å². The minimum absolute atomic E-state index is 0.127. The van der Waals surface area contributed by atoms with Crippen molar-refractivity contribution in [2.75, 3.05) is 13.1 Å². The van der Waals surface area contributed by atoms with Gasteiger partial charge in [0, 0.05) is 25.2 Å². The maximum Gasteiger partial charge on any atom is 0.287 e. The molecule has 1 saturated heterocycles. The van der Waals surface area contributed by atoms with Crippen molar-refractivity contribution in [2.45, 2.75) is 37.9 Å². The molecule has 0 bridgehead atoms. The van der Waals surface area contributed by atoms with E-state index in [2.05, 4.69) is 10.2 Å². The van der Waals surface area contributed by atoms with Crippen LogP contribution in [-0.2, 0) is 6.54 Å². The van der Waals surface area contributed by atoms with Crippen molar-refractivity contribution in [3.05, 3.63) is 23.7 Å². The molecule has 98 valence electrons. The highest BCUT2D eigenvalue weighted by molar-refractivity contribution is 5.91. The number of nitrogens with zero attached hydrogens (tertiary/aromatic N) is 1. The van der Waals surface area contributed by atoms with E-state index in [0.29, 0.717) is 18.1 Å². The average molecular weight is 249 g/mol. The minimum Gasteiger partial charge on any atom is -0.455 e. The summed E-state index contributed by atoms with van der Waals surface area (Å²) < 4.78 is 5.34. The lowest BCUT2D eigenvalue weighted by atomic mass is 10.2. The number of carbonyl (C=O) groups excluding carboxylic acids is 1. The number of furan rings is 1. The van der Waals surface area contributed by atoms with Crippen molar-refractivity contribution in [1.29, 1.82) is 0 Å². The minimum atomic E-state index is -0.127. The van der Waals surface area contributed by atoms with Gasteiger partial charge in [0.2, 0.25) is 0 Å².